The van der Waals surface area contributed by atoms with Crippen LogP contribution in [0.1, 0.15) is 0 Å². The van der Waals surface area contributed by atoms with E-state index in [4.69, 9.17) is 0 Å². The molecule has 2 nitrogen and oxygen atoms in total. The van der Waals surface area contributed by atoms with Crippen LogP contribution in [0, 0.1) is 0 Å². The van der Waals surface area contributed by atoms with Crippen LogP contribution in [0.4, 0.5) is 0 Å². The minimum Gasteiger partial charge on any atom is -0.138 e. The predicted octanol–water partition coefficient (Wildman–Crippen LogP) is 3.87. The lowest BCUT2D eigenvalue weighted by Gasteiger charge is -2.06. The highest BCUT2D eigenvalue weighted by Crippen LogP contribution is 2.30. The summed E-state index contributed by atoms with van der Waals surface area (Å²) in [5, 5.41) is 6.12. The predicted molar refractivity (Wildman–Crippen MR) is 70.8 cm³/mol. The van der Waals surface area contributed by atoms with Crippen LogP contribution in [0.5, 0.6) is 0 Å². The molecule has 0 bridgehead atoms. The van der Waals surface area contributed by atoms with Gasteiger partial charge in [-0.2, -0.15) is 0 Å². The van der Waals surface area contributed by atoms with Crippen LogP contribution >= 0.6 is 11.5 Å². The Bertz CT molecular complexity index is 603. The second-order valence-electron chi connectivity index (χ2n) is 3.70. The molecule has 1 heterocycles. The molecule has 0 unspecified atom stereocenters. The summed E-state index contributed by atoms with van der Waals surface area (Å²) >= 11 is 1.38. The van der Waals surface area contributed by atoms with Crippen LogP contribution in [0.25, 0.3) is 22.4 Å². The number of rotatable bonds is 2. The molecule has 0 aliphatic rings. The van der Waals surface area contributed by atoms with Gasteiger partial charge in [0.05, 0.1) is 0 Å². The Morgan fingerprint density at radius 1 is 0.765 bits per heavy atom. The fourth-order valence-corrected chi connectivity index (χ4v) is 2.31. The lowest BCUT2D eigenvalue weighted by Crippen LogP contribution is -1.84. The maximum absolute atomic E-state index is 4.14. The van der Waals surface area contributed by atoms with Gasteiger partial charge in [-0.3, -0.25) is 0 Å². The Hall–Kier alpha value is -2.00. The molecule has 0 saturated heterocycles. The van der Waals surface area contributed by atoms with Gasteiger partial charge in [-0.1, -0.05) is 59.1 Å². The number of hydrogen-bond donors (Lipinski definition) is 0. The highest BCUT2D eigenvalue weighted by atomic mass is 32.1. The normalized spacial score (nSPS) is 10.4. The van der Waals surface area contributed by atoms with Gasteiger partial charge in [-0.25, -0.2) is 0 Å². The molecule has 1 aromatic heterocycles. The van der Waals surface area contributed by atoms with Crippen LogP contribution < -0.4 is 0 Å². The minimum absolute atomic E-state index is 0.939. The van der Waals surface area contributed by atoms with Gasteiger partial charge in [0, 0.05) is 10.9 Å². The quantitative estimate of drug-likeness (QED) is 0.677. The minimum atomic E-state index is 0.939. The molecule has 0 amide bonds. The summed E-state index contributed by atoms with van der Waals surface area (Å²) in [6, 6.07) is 18.6. The van der Waals surface area contributed by atoms with E-state index in [0.29, 0.717) is 0 Å². The third-order valence-corrected chi connectivity index (χ3v) is 3.15. The van der Waals surface area contributed by atoms with Crippen LogP contribution in [-0.2, 0) is 0 Å². The molecule has 0 radical (unpaired) electrons. The Morgan fingerprint density at radius 3 is 2.18 bits per heavy atom. The van der Waals surface area contributed by atoms with Gasteiger partial charge in [0.15, 0.2) is 0 Å². The molecule has 2 aromatic carbocycles. The topological polar surface area (TPSA) is 25.8 Å². The summed E-state index contributed by atoms with van der Waals surface area (Å²) in [6.45, 7) is 0. The maximum atomic E-state index is 4.14. The molecule has 3 heteroatoms. The van der Waals surface area contributed by atoms with E-state index < -0.39 is 0 Å². The van der Waals surface area contributed by atoms with Crippen molar-refractivity contribution in [2.45, 2.75) is 0 Å². The van der Waals surface area contributed by atoms with E-state index in [1.165, 1.54) is 22.7 Å². The molecule has 82 valence electrons. The molecule has 0 atom stereocenters. The molecule has 3 rings (SSSR count). The summed E-state index contributed by atoms with van der Waals surface area (Å²) in [5.74, 6) is 0. The van der Waals surface area contributed by atoms with E-state index in [9.17, 15) is 0 Å². The molecule has 0 N–H and O–H groups in total. The van der Waals surface area contributed by atoms with Crippen LogP contribution in [-0.4, -0.2) is 9.59 Å². The first-order valence-corrected chi connectivity index (χ1v) is 6.21. The summed E-state index contributed by atoms with van der Waals surface area (Å²) in [4.78, 5) is 0. The smallest absolute Gasteiger partial charge is 0.106 e. The maximum Gasteiger partial charge on any atom is 0.106 e. The third-order valence-electron chi connectivity index (χ3n) is 2.65. The van der Waals surface area contributed by atoms with Gasteiger partial charge < -0.3 is 0 Å². The lowest BCUT2D eigenvalue weighted by molar-refractivity contribution is 1.16. The first-order valence-electron chi connectivity index (χ1n) is 5.37. The molecule has 0 saturated carbocycles. The van der Waals surface area contributed by atoms with Crippen LogP contribution in [0.2, 0.25) is 0 Å². The van der Waals surface area contributed by atoms with Crippen molar-refractivity contribution in [2.24, 2.45) is 0 Å². The van der Waals surface area contributed by atoms with Crippen molar-refractivity contribution in [1.82, 2.24) is 9.59 Å². The summed E-state index contributed by atoms with van der Waals surface area (Å²) in [7, 11) is 0. The van der Waals surface area contributed by atoms with Crippen molar-refractivity contribution in [1.29, 1.82) is 0 Å². The summed E-state index contributed by atoms with van der Waals surface area (Å²) in [5.41, 5.74) is 4.47. The van der Waals surface area contributed by atoms with Crippen LogP contribution in [0.15, 0.2) is 60.0 Å². The van der Waals surface area contributed by atoms with Crippen molar-refractivity contribution in [3.63, 3.8) is 0 Å². The molecule has 0 aliphatic heterocycles. The SMILES string of the molecule is c1ccc(-c2ccccc2-c2csnn2)cc1. The summed E-state index contributed by atoms with van der Waals surface area (Å²) in [6.07, 6.45) is 0. The van der Waals surface area contributed by atoms with E-state index in [0.717, 1.165) is 11.3 Å². The summed E-state index contributed by atoms with van der Waals surface area (Å²) < 4.78 is 3.93. The van der Waals surface area contributed by atoms with E-state index in [2.05, 4.69) is 33.9 Å². The number of aromatic nitrogens is 2. The van der Waals surface area contributed by atoms with Crippen molar-refractivity contribution in [3.05, 3.63) is 60.0 Å². The van der Waals surface area contributed by atoms with E-state index in [1.807, 2.05) is 35.7 Å². The average Bonchev–Trinajstić information content (AvgIpc) is 2.94. The van der Waals surface area contributed by atoms with Crippen molar-refractivity contribution in [3.8, 4) is 22.4 Å². The largest absolute Gasteiger partial charge is 0.138 e. The van der Waals surface area contributed by atoms with Crippen molar-refractivity contribution in [2.75, 3.05) is 0 Å². The van der Waals surface area contributed by atoms with Crippen LogP contribution in [0.3, 0.4) is 0 Å². The second kappa shape index (κ2) is 4.47. The van der Waals surface area contributed by atoms with Gasteiger partial charge in [0.1, 0.15) is 5.69 Å². The number of benzene rings is 2. The fourth-order valence-electron chi connectivity index (χ4n) is 1.86. The van der Waals surface area contributed by atoms with Gasteiger partial charge in [-0.05, 0) is 22.7 Å². The molecular weight excluding hydrogens is 228 g/mol. The number of nitrogens with zero attached hydrogens (tertiary/aromatic N) is 2. The zero-order valence-corrected chi connectivity index (χ0v) is 9.89. The Labute approximate surface area is 104 Å². The first kappa shape index (κ1) is 10.2. The Kier molecular flexibility index (Phi) is 2.68. The zero-order valence-electron chi connectivity index (χ0n) is 9.08. The van der Waals surface area contributed by atoms with Gasteiger partial charge in [0.2, 0.25) is 0 Å². The Balaban J connectivity index is 2.18. The molecule has 17 heavy (non-hydrogen) atoms. The first-order chi connectivity index (χ1) is 8.45. The fraction of sp³-hybridized carbons (Fsp3) is 0. The molecule has 0 spiro atoms. The lowest BCUT2D eigenvalue weighted by atomic mass is 9.98. The molecule has 0 fully saturated rings. The monoisotopic (exact) mass is 238 g/mol. The average molecular weight is 238 g/mol. The highest BCUT2D eigenvalue weighted by molar-refractivity contribution is 7.03. The Morgan fingerprint density at radius 2 is 1.47 bits per heavy atom. The van der Waals surface area contributed by atoms with Gasteiger partial charge >= 0.3 is 0 Å². The molecular formula is C14H10N2S. The molecule has 3 aromatic rings. The standard InChI is InChI=1S/C14H10N2S/c1-2-6-11(7-3-1)12-8-4-5-9-13(12)14-10-17-16-15-14/h1-10H. The van der Waals surface area contributed by atoms with Crippen molar-refractivity contribution >= 4 is 11.5 Å². The van der Waals surface area contributed by atoms with E-state index in [1.54, 1.807) is 0 Å². The number of hydrogen-bond acceptors (Lipinski definition) is 3. The van der Waals surface area contributed by atoms with E-state index >= 15 is 0 Å². The third kappa shape index (κ3) is 1.97. The van der Waals surface area contributed by atoms with Gasteiger partial charge in [0.25, 0.3) is 0 Å². The molecule has 0 aliphatic carbocycles. The van der Waals surface area contributed by atoms with Crippen molar-refractivity contribution < 1.29 is 0 Å². The zero-order chi connectivity index (χ0) is 11.5. The highest BCUT2D eigenvalue weighted by Gasteiger charge is 2.08. The van der Waals surface area contributed by atoms with E-state index in [-0.39, 0.29) is 0 Å². The second-order valence-corrected chi connectivity index (χ2v) is 4.31. The van der Waals surface area contributed by atoms with Gasteiger partial charge in [-0.15, -0.1) is 5.10 Å².